The maximum Gasteiger partial charge on any atom is 0.283 e. The molecule has 0 aliphatic rings. The first-order chi connectivity index (χ1) is 13.9. The van der Waals surface area contributed by atoms with E-state index in [9.17, 15) is 9.90 Å². The second-order valence-electron chi connectivity index (χ2n) is 5.91. The zero-order valence-corrected chi connectivity index (χ0v) is 17.5. The largest absolute Gasteiger partial charge is 0.504 e. The van der Waals surface area contributed by atoms with Crippen LogP contribution >= 0.6 is 22.9 Å². The number of carbonyl (C=O) groups is 1. The first kappa shape index (κ1) is 20.6. The molecule has 1 heterocycles. The van der Waals surface area contributed by atoms with Crippen LogP contribution in [-0.4, -0.2) is 36.4 Å². The molecule has 3 aromatic rings. The van der Waals surface area contributed by atoms with Crippen LogP contribution in [0.3, 0.4) is 0 Å². The van der Waals surface area contributed by atoms with E-state index in [1.165, 1.54) is 30.7 Å². The number of phenols is 1. The van der Waals surface area contributed by atoms with Gasteiger partial charge in [-0.25, -0.2) is 10.4 Å². The number of halogens is 1. The van der Waals surface area contributed by atoms with Gasteiger partial charge in [0.15, 0.2) is 11.5 Å². The highest BCUT2D eigenvalue weighted by Gasteiger charge is 2.18. The van der Waals surface area contributed by atoms with E-state index in [0.717, 1.165) is 5.56 Å². The van der Waals surface area contributed by atoms with Crippen molar-refractivity contribution in [1.82, 2.24) is 10.4 Å². The highest BCUT2D eigenvalue weighted by Crippen LogP contribution is 2.36. The van der Waals surface area contributed by atoms with Crippen molar-refractivity contribution < 1.29 is 19.4 Å². The summed E-state index contributed by atoms with van der Waals surface area (Å²) < 4.78 is 10.4. The lowest BCUT2D eigenvalue weighted by Gasteiger charge is -2.05. The van der Waals surface area contributed by atoms with Crippen LogP contribution in [-0.2, 0) is 0 Å². The number of nitrogens with one attached hydrogen (secondary N) is 1. The SMILES string of the molecule is COc1cc(/C=N/NC(=O)c2sc(-c3ccc(Cl)cc3OC)nc2C)ccc1O. The Morgan fingerprint density at radius 1 is 1.21 bits per heavy atom. The van der Waals surface area contributed by atoms with Crippen LogP contribution in [0.4, 0.5) is 0 Å². The number of benzene rings is 2. The Morgan fingerprint density at radius 3 is 2.69 bits per heavy atom. The average molecular weight is 432 g/mol. The summed E-state index contributed by atoms with van der Waals surface area (Å²) in [4.78, 5) is 17.4. The smallest absolute Gasteiger partial charge is 0.283 e. The molecule has 1 amide bonds. The van der Waals surface area contributed by atoms with Crippen LogP contribution in [0.5, 0.6) is 17.2 Å². The molecule has 2 aromatic carbocycles. The van der Waals surface area contributed by atoms with Gasteiger partial charge < -0.3 is 14.6 Å². The van der Waals surface area contributed by atoms with E-state index in [0.29, 0.717) is 37.7 Å². The third kappa shape index (κ3) is 4.67. The van der Waals surface area contributed by atoms with Gasteiger partial charge in [-0.2, -0.15) is 5.10 Å². The molecule has 0 saturated heterocycles. The molecule has 150 valence electrons. The number of hydrogen-bond acceptors (Lipinski definition) is 7. The van der Waals surface area contributed by atoms with Gasteiger partial charge in [0.05, 0.1) is 31.7 Å². The molecule has 9 heteroatoms. The highest BCUT2D eigenvalue weighted by atomic mass is 35.5. The van der Waals surface area contributed by atoms with Crippen molar-refractivity contribution in [3.8, 4) is 27.8 Å². The second kappa shape index (κ2) is 8.93. The summed E-state index contributed by atoms with van der Waals surface area (Å²) in [5.41, 5.74) is 4.49. The van der Waals surface area contributed by atoms with Crippen molar-refractivity contribution in [2.75, 3.05) is 14.2 Å². The summed E-state index contributed by atoms with van der Waals surface area (Å²) in [5, 5.41) is 14.8. The van der Waals surface area contributed by atoms with E-state index in [4.69, 9.17) is 21.1 Å². The van der Waals surface area contributed by atoms with Crippen molar-refractivity contribution >= 4 is 35.1 Å². The molecule has 29 heavy (non-hydrogen) atoms. The number of rotatable bonds is 6. The van der Waals surface area contributed by atoms with Crippen LogP contribution in [0.25, 0.3) is 10.6 Å². The number of carbonyl (C=O) groups excluding carboxylic acids is 1. The Balaban J connectivity index is 1.77. The minimum Gasteiger partial charge on any atom is -0.504 e. The Kier molecular flexibility index (Phi) is 6.36. The van der Waals surface area contributed by atoms with Gasteiger partial charge in [0.2, 0.25) is 0 Å². The quantitative estimate of drug-likeness (QED) is 0.449. The molecule has 0 atom stereocenters. The number of aromatic nitrogens is 1. The summed E-state index contributed by atoms with van der Waals surface area (Å²) in [5.74, 6) is 0.554. The number of aryl methyl sites for hydroxylation is 1. The predicted molar refractivity (Wildman–Crippen MR) is 114 cm³/mol. The highest BCUT2D eigenvalue weighted by molar-refractivity contribution is 7.17. The van der Waals surface area contributed by atoms with Gasteiger partial charge in [0.1, 0.15) is 15.6 Å². The number of hydrogen-bond donors (Lipinski definition) is 2. The minimum absolute atomic E-state index is 0.0270. The first-order valence-electron chi connectivity index (χ1n) is 8.44. The normalized spacial score (nSPS) is 10.9. The summed E-state index contributed by atoms with van der Waals surface area (Å²) in [6.45, 7) is 1.76. The van der Waals surface area contributed by atoms with E-state index in [1.54, 1.807) is 44.4 Å². The monoisotopic (exact) mass is 431 g/mol. The second-order valence-corrected chi connectivity index (χ2v) is 7.34. The minimum atomic E-state index is -0.374. The van der Waals surface area contributed by atoms with Crippen molar-refractivity contribution in [2.24, 2.45) is 5.10 Å². The van der Waals surface area contributed by atoms with Gasteiger partial charge >= 0.3 is 0 Å². The van der Waals surface area contributed by atoms with Gasteiger partial charge in [0.25, 0.3) is 5.91 Å². The van der Waals surface area contributed by atoms with Crippen molar-refractivity contribution in [3.05, 3.63) is 57.6 Å². The van der Waals surface area contributed by atoms with E-state index in [1.807, 2.05) is 0 Å². The fourth-order valence-electron chi connectivity index (χ4n) is 2.55. The Morgan fingerprint density at radius 2 is 1.97 bits per heavy atom. The molecule has 0 aliphatic carbocycles. The van der Waals surface area contributed by atoms with E-state index < -0.39 is 0 Å². The topological polar surface area (TPSA) is 93.0 Å². The summed E-state index contributed by atoms with van der Waals surface area (Å²) >= 11 is 7.24. The average Bonchev–Trinajstić information content (AvgIpc) is 3.10. The third-order valence-electron chi connectivity index (χ3n) is 3.98. The maximum atomic E-state index is 12.5. The Labute approximate surface area is 176 Å². The molecule has 2 N–H and O–H groups in total. The standard InChI is InChI=1S/C20H18ClN3O4S/c1-11-18(29-20(23-11)14-6-5-13(21)9-16(14)27-2)19(26)24-22-10-12-4-7-15(25)17(8-12)28-3/h4-10,25H,1-3H3,(H,24,26)/b22-10+. The molecule has 0 fully saturated rings. The molecule has 0 spiro atoms. The number of ether oxygens (including phenoxy) is 2. The Hall–Kier alpha value is -3.10. The van der Waals surface area contributed by atoms with Gasteiger partial charge in [-0.1, -0.05) is 11.6 Å². The lowest BCUT2D eigenvalue weighted by atomic mass is 10.2. The zero-order chi connectivity index (χ0) is 21.0. The molecular formula is C20H18ClN3O4S. The van der Waals surface area contributed by atoms with Crippen LogP contribution in [0.2, 0.25) is 5.02 Å². The van der Waals surface area contributed by atoms with Crippen molar-refractivity contribution in [2.45, 2.75) is 6.92 Å². The molecule has 0 saturated carbocycles. The number of hydrazone groups is 1. The molecule has 0 unspecified atom stereocenters. The number of phenolic OH excluding ortho intramolecular Hbond substituents is 1. The zero-order valence-electron chi connectivity index (χ0n) is 15.9. The number of amides is 1. The molecule has 0 bridgehead atoms. The predicted octanol–water partition coefficient (Wildman–Crippen LogP) is 4.26. The number of nitrogens with zero attached hydrogens (tertiary/aromatic N) is 2. The van der Waals surface area contributed by atoms with Crippen LogP contribution in [0, 0.1) is 6.92 Å². The molecular weight excluding hydrogens is 414 g/mol. The maximum absolute atomic E-state index is 12.5. The van der Waals surface area contributed by atoms with E-state index in [-0.39, 0.29) is 11.7 Å². The number of aromatic hydroxyl groups is 1. The van der Waals surface area contributed by atoms with Crippen LogP contribution < -0.4 is 14.9 Å². The molecule has 3 rings (SSSR count). The lowest BCUT2D eigenvalue weighted by Crippen LogP contribution is -2.17. The molecule has 0 radical (unpaired) electrons. The number of thiazole rings is 1. The fourth-order valence-corrected chi connectivity index (χ4v) is 3.70. The van der Waals surface area contributed by atoms with Gasteiger partial charge in [-0.05, 0) is 48.9 Å². The van der Waals surface area contributed by atoms with Crippen LogP contribution in [0.1, 0.15) is 20.9 Å². The van der Waals surface area contributed by atoms with E-state index >= 15 is 0 Å². The molecule has 0 aliphatic heterocycles. The lowest BCUT2D eigenvalue weighted by molar-refractivity contribution is 0.0958. The van der Waals surface area contributed by atoms with Crippen molar-refractivity contribution in [3.63, 3.8) is 0 Å². The van der Waals surface area contributed by atoms with Crippen LogP contribution in [0.15, 0.2) is 41.5 Å². The Bertz CT molecular complexity index is 1080. The van der Waals surface area contributed by atoms with Crippen molar-refractivity contribution in [1.29, 1.82) is 0 Å². The fraction of sp³-hybridized carbons (Fsp3) is 0.150. The van der Waals surface area contributed by atoms with E-state index in [2.05, 4.69) is 15.5 Å². The molecule has 7 nitrogen and oxygen atoms in total. The molecule has 1 aromatic heterocycles. The first-order valence-corrected chi connectivity index (χ1v) is 9.64. The summed E-state index contributed by atoms with van der Waals surface area (Å²) in [6.07, 6.45) is 1.46. The summed E-state index contributed by atoms with van der Waals surface area (Å²) in [7, 11) is 3.01. The van der Waals surface area contributed by atoms with Gasteiger partial charge in [0, 0.05) is 5.02 Å². The third-order valence-corrected chi connectivity index (χ3v) is 5.40. The number of methoxy groups -OCH3 is 2. The van der Waals surface area contributed by atoms with Gasteiger partial charge in [-0.3, -0.25) is 4.79 Å². The summed E-state index contributed by atoms with van der Waals surface area (Å²) in [6, 6.07) is 9.98. The van der Waals surface area contributed by atoms with Gasteiger partial charge in [-0.15, -0.1) is 11.3 Å².